The summed E-state index contributed by atoms with van der Waals surface area (Å²) in [6.45, 7) is 13.4. The second-order valence-corrected chi connectivity index (χ2v) is 21.1. The predicted octanol–water partition coefficient (Wildman–Crippen LogP) is -0.0755. The number of ether oxygens (including phenoxy) is 4. The van der Waals surface area contributed by atoms with Gasteiger partial charge < -0.3 is 75.1 Å². The lowest BCUT2D eigenvalue weighted by molar-refractivity contribution is -0.332. The van der Waals surface area contributed by atoms with Crippen molar-refractivity contribution < 1.29 is 75.1 Å². The number of rotatable bonds is 11. The molecule has 0 aromatic carbocycles. The quantitative estimate of drug-likeness (QED) is 0.122. The number of fused-ring (bicyclic) bond motifs is 2. The van der Waals surface area contributed by atoms with E-state index in [9.17, 15) is 56.2 Å². The average molecular weight is 817 g/mol. The third kappa shape index (κ3) is 6.46. The van der Waals surface area contributed by atoms with Crippen LogP contribution in [0.4, 0.5) is 0 Å². The maximum Gasteiger partial charge on any atom is 0.187 e. The van der Waals surface area contributed by atoms with Gasteiger partial charge in [0.15, 0.2) is 12.6 Å². The molecule has 15 heteroatoms. The van der Waals surface area contributed by atoms with Crippen LogP contribution in [0.15, 0.2) is 0 Å². The summed E-state index contributed by atoms with van der Waals surface area (Å²) in [4.78, 5) is 0. The van der Waals surface area contributed by atoms with Gasteiger partial charge in [0.25, 0.3) is 0 Å². The van der Waals surface area contributed by atoms with E-state index in [1.165, 1.54) is 0 Å². The molecule has 0 amide bonds. The minimum atomic E-state index is -1.58. The SMILES string of the molecule is C[C@H](CC[C@H](O)C(C)(C)O[C@@H]1O[C@H](CO)[C@@H](O)[C@H](O)[C@H]1O)[C@H]1CC[C@@]2(C)[C@@H]3[C@@H](O)CC4C(C)(C)[C@@H](O[C@@H]5O[C@H](CO)[C@@H](O)[C@H](O)[C@H]5O)C[C@H](O)[C@@]45C[C@@]35CC[C@]12C. The third-order valence-corrected chi connectivity index (χ3v) is 17.9. The molecule has 7 fully saturated rings. The number of hydrogen-bond donors (Lipinski definition) is 11. The van der Waals surface area contributed by atoms with Crippen molar-refractivity contribution in [2.75, 3.05) is 13.2 Å². The van der Waals surface area contributed by atoms with Crippen molar-refractivity contribution in [3.63, 3.8) is 0 Å². The molecule has 1 unspecified atom stereocenters. The molecule has 5 saturated carbocycles. The molecule has 330 valence electrons. The van der Waals surface area contributed by atoms with Crippen LogP contribution in [0.1, 0.15) is 106 Å². The fourth-order valence-corrected chi connectivity index (χ4v) is 14.3. The summed E-state index contributed by atoms with van der Waals surface area (Å²) < 4.78 is 23.6. The van der Waals surface area contributed by atoms with Crippen molar-refractivity contribution in [3.05, 3.63) is 0 Å². The van der Waals surface area contributed by atoms with Crippen LogP contribution in [0.5, 0.6) is 0 Å². The van der Waals surface area contributed by atoms with Gasteiger partial charge in [0.2, 0.25) is 0 Å². The Bertz CT molecular complexity index is 1450. The van der Waals surface area contributed by atoms with Gasteiger partial charge >= 0.3 is 0 Å². The molecular formula is C42H72O15. The highest BCUT2D eigenvalue weighted by atomic mass is 16.7. The molecule has 5 aliphatic carbocycles. The summed E-state index contributed by atoms with van der Waals surface area (Å²) in [6, 6.07) is 0. The summed E-state index contributed by atoms with van der Waals surface area (Å²) in [5.74, 6) is 0.450. The molecule has 7 aliphatic rings. The van der Waals surface area contributed by atoms with Gasteiger partial charge in [-0.3, -0.25) is 0 Å². The molecule has 57 heavy (non-hydrogen) atoms. The monoisotopic (exact) mass is 816 g/mol. The Hall–Kier alpha value is -0.600. The zero-order valence-corrected chi connectivity index (χ0v) is 34.7. The van der Waals surface area contributed by atoms with E-state index in [4.69, 9.17) is 18.9 Å². The molecule has 22 atom stereocenters. The minimum Gasteiger partial charge on any atom is -0.394 e. The fraction of sp³-hybridized carbons (Fsp3) is 1.00. The second kappa shape index (κ2) is 15.0. The average Bonchev–Trinajstić information content (AvgIpc) is 3.75. The van der Waals surface area contributed by atoms with E-state index < -0.39 is 115 Å². The molecule has 0 radical (unpaired) electrons. The molecular weight excluding hydrogens is 744 g/mol. The normalized spacial score (nSPS) is 54.2. The number of aliphatic hydroxyl groups excluding tert-OH is 11. The van der Waals surface area contributed by atoms with Crippen LogP contribution < -0.4 is 0 Å². The second-order valence-electron chi connectivity index (χ2n) is 21.1. The van der Waals surface area contributed by atoms with Gasteiger partial charge in [-0.1, -0.05) is 34.6 Å². The van der Waals surface area contributed by atoms with Gasteiger partial charge in [0.1, 0.15) is 48.8 Å². The number of aliphatic hydroxyl groups is 11. The first-order valence-electron chi connectivity index (χ1n) is 21.5. The van der Waals surface area contributed by atoms with E-state index in [1.807, 2.05) is 0 Å². The summed E-state index contributed by atoms with van der Waals surface area (Å²) >= 11 is 0. The highest BCUT2D eigenvalue weighted by molar-refractivity contribution is 5.34. The van der Waals surface area contributed by atoms with E-state index in [0.29, 0.717) is 25.2 Å². The van der Waals surface area contributed by atoms with Crippen molar-refractivity contribution >= 4 is 0 Å². The fourth-order valence-electron chi connectivity index (χ4n) is 14.3. The Kier molecular flexibility index (Phi) is 11.7. The molecule has 11 N–H and O–H groups in total. The van der Waals surface area contributed by atoms with Crippen LogP contribution in [0.3, 0.4) is 0 Å². The Labute approximate surface area is 336 Å². The summed E-state index contributed by atoms with van der Waals surface area (Å²) in [7, 11) is 0. The van der Waals surface area contributed by atoms with Crippen LogP contribution in [-0.2, 0) is 18.9 Å². The Balaban J connectivity index is 1.03. The van der Waals surface area contributed by atoms with Crippen molar-refractivity contribution in [2.24, 2.45) is 50.7 Å². The van der Waals surface area contributed by atoms with E-state index in [-0.39, 0.29) is 40.4 Å². The van der Waals surface area contributed by atoms with Crippen molar-refractivity contribution in [3.8, 4) is 0 Å². The molecule has 0 bridgehead atoms. The summed E-state index contributed by atoms with van der Waals surface area (Å²) in [5.41, 5.74) is -2.68. The summed E-state index contributed by atoms with van der Waals surface area (Å²) in [6.07, 6.45) is -10.6. The molecule has 0 aromatic rings. The van der Waals surface area contributed by atoms with Crippen LogP contribution in [0.2, 0.25) is 0 Å². The molecule has 2 saturated heterocycles. The van der Waals surface area contributed by atoms with Crippen LogP contribution in [0, 0.1) is 50.7 Å². The van der Waals surface area contributed by atoms with Crippen molar-refractivity contribution in [2.45, 2.75) is 198 Å². The molecule has 15 nitrogen and oxygen atoms in total. The Morgan fingerprint density at radius 1 is 0.719 bits per heavy atom. The first-order valence-corrected chi connectivity index (χ1v) is 21.5. The van der Waals surface area contributed by atoms with Gasteiger partial charge in [-0.15, -0.1) is 0 Å². The van der Waals surface area contributed by atoms with E-state index in [1.54, 1.807) is 13.8 Å². The summed E-state index contributed by atoms with van der Waals surface area (Å²) in [5, 5.41) is 118. The van der Waals surface area contributed by atoms with E-state index in [0.717, 1.165) is 32.1 Å². The Morgan fingerprint density at radius 2 is 1.30 bits per heavy atom. The molecule has 7 rings (SSSR count). The topological polar surface area (TPSA) is 259 Å². The highest BCUT2D eigenvalue weighted by Gasteiger charge is 2.86. The lowest BCUT2D eigenvalue weighted by atomic mass is 9.40. The lowest BCUT2D eigenvalue weighted by Gasteiger charge is -2.65. The zero-order valence-electron chi connectivity index (χ0n) is 34.7. The van der Waals surface area contributed by atoms with E-state index in [2.05, 4.69) is 34.6 Å². The lowest BCUT2D eigenvalue weighted by Crippen LogP contribution is -2.66. The van der Waals surface area contributed by atoms with Crippen molar-refractivity contribution in [1.29, 1.82) is 0 Å². The first kappa shape index (κ1) is 44.5. The predicted molar refractivity (Wildman–Crippen MR) is 202 cm³/mol. The Morgan fingerprint density at radius 3 is 1.89 bits per heavy atom. The minimum absolute atomic E-state index is 0.0120. The standard InChI is InChI=1S/C42H72O15/c1-19(8-9-25(46)38(4,5)57-36-33(53)31(51)29(49)23(17-44)55-36)20-10-11-40(7)34-21(45)14-24-37(2,3)27(56-35-32(52)30(50)28(48)22(16-43)54-35)15-26(47)42(24)18-41(34,42)13-12-39(20,40)6/h19-36,43-53H,8-18H2,1-7H3/t19-,20-,21+,22-,23-,24?,25+,26+,27+,28-,29-,30+,31+,32-,33-,34+,35+,36+,39-,40+,41+,42-/m1/s1. The van der Waals surface area contributed by atoms with Gasteiger partial charge in [0.05, 0.1) is 43.2 Å². The zero-order chi connectivity index (χ0) is 42.0. The van der Waals surface area contributed by atoms with Crippen molar-refractivity contribution in [1.82, 2.24) is 0 Å². The highest BCUT2D eigenvalue weighted by Crippen LogP contribution is 2.89. The van der Waals surface area contributed by atoms with Gasteiger partial charge in [-0.2, -0.15) is 0 Å². The smallest absolute Gasteiger partial charge is 0.187 e. The first-order chi connectivity index (χ1) is 26.5. The van der Waals surface area contributed by atoms with Crippen LogP contribution in [-0.4, -0.2) is 161 Å². The molecule has 2 aliphatic heterocycles. The van der Waals surface area contributed by atoms with Gasteiger partial charge in [0, 0.05) is 11.8 Å². The maximum absolute atomic E-state index is 12.4. The van der Waals surface area contributed by atoms with Crippen LogP contribution >= 0.6 is 0 Å². The maximum atomic E-state index is 12.4. The molecule has 2 heterocycles. The number of hydrogen-bond acceptors (Lipinski definition) is 15. The van der Waals surface area contributed by atoms with E-state index >= 15 is 0 Å². The molecule has 0 aromatic heterocycles. The van der Waals surface area contributed by atoms with Gasteiger partial charge in [-0.25, -0.2) is 0 Å². The van der Waals surface area contributed by atoms with Crippen LogP contribution in [0.25, 0.3) is 0 Å². The molecule has 2 spiro atoms. The third-order valence-electron chi connectivity index (χ3n) is 17.9. The van der Waals surface area contributed by atoms with Gasteiger partial charge in [-0.05, 0) is 111 Å². The largest absolute Gasteiger partial charge is 0.394 e.